The molecule has 0 radical (unpaired) electrons. The molecule has 4 N–H and O–H groups in total. The number of piperazine rings is 1. The van der Waals surface area contributed by atoms with Crippen LogP contribution in [0.5, 0.6) is 5.75 Å². The molecule has 2 amide bonds. The number of carbonyl (C=O) groups excluding carboxylic acids is 2. The predicted molar refractivity (Wildman–Crippen MR) is 122 cm³/mol. The number of carbonyl (C=O) groups is 2. The number of hydrogen-bond donors (Lipinski definition) is 4. The molecule has 0 spiro atoms. The molecule has 2 saturated heterocycles. The second-order valence-electron chi connectivity index (χ2n) is 10.1. The predicted octanol–water partition coefficient (Wildman–Crippen LogP) is 0.117. The van der Waals surface area contributed by atoms with Gasteiger partial charge in [-0.15, -0.1) is 0 Å². The van der Waals surface area contributed by atoms with Crippen LogP contribution >= 0.6 is 0 Å². The number of quaternary nitrogens is 1. The van der Waals surface area contributed by atoms with Gasteiger partial charge in [-0.2, -0.15) is 4.65 Å². The first kappa shape index (κ1) is 25.8. The third kappa shape index (κ3) is 5.14. The largest absolute Gasteiger partial charge is 0.489 e. The summed E-state index contributed by atoms with van der Waals surface area (Å²) in [6.45, 7) is 5.90. The van der Waals surface area contributed by atoms with Crippen LogP contribution in [0.15, 0.2) is 18.2 Å². The number of rotatable bonds is 7. The van der Waals surface area contributed by atoms with Gasteiger partial charge in [0, 0.05) is 19.0 Å². The van der Waals surface area contributed by atoms with Crippen molar-refractivity contribution in [3.63, 3.8) is 0 Å². The average molecular weight is 497 g/mol. The van der Waals surface area contributed by atoms with E-state index in [0.717, 1.165) is 4.90 Å². The number of aliphatic hydroxyl groups is 3. The summed E-state index contributed by atoms with van der Waals surface area (Å²) in [6.07, 6.45) is -3.97. The normalized spacial score (nSPS) is 30.7. The van der Waals surface area contributed by atoms with Crippen LogP contribution in [0.1, 0.15) is 26.7 Å². The molecule has 5 atom stereocenters. The van der Waals surface area contributed by atoms with Crippen LogP contribution < -0.4 is 9.64 Å². The summed E-state index contributed by atoms with van der Waals surface area (Å²) in [7, 11) is 0. The lowest BCUT2D eigenvalue weighted by Crippen LogP contribution is -2.58. The van der Waals surface area contributed by atoms with E-state index in [-0.39, 0.29) is 29.5 Å². The van der Waals surface area contributed by atoms with Gasteiger partial charge in [0.2, 0.25) is 11.8 Å². The van der Waals surface area contributed by atoms with Crippen molar-refractivity contribution in [3.8, 4) is 5.75 Å². The Balaban J connectivity index is 1.33. The van der Waals surface area contributed by atoms with Gasteiger partial charge >= 0.3 is 0 Å². The number of nitrogens with zero attached hydrogens (tertiary/aromatic N) is 3. The maximum atomic E-state index is 13.9. The quantitative estimate of drug-likeness (QED) is 0.309. The Labute approximate surface area is 203 Å². The Hall–Kier alpha value is -2.31. The maximum absolute atomic E-state index is 13.9. The number of likely N-dealkylation sites (tertiary alicyclic amines) is 1. The number of halogens is 1. The topological polar surface area (TPSA) is 131 Å². The molecule has 1 aromatic rings. The highest BCUT2D eigenvalue weighted by atomic mass is 19.1. The van der Waals surface area contributed by atoms with Gasteiger partial charge in [0.1, 0.15) is 37.3 Å². The molecule has 1 aromatic carbocycles. The lowest BCUT2D eigenvalue weighted by molar-refractivity contribution is -1.10. The van der Waals surface area contributed by atoms with E-state index in [0.29, 0.717) is 50.6 Å². The van der Waals surface area contributed by atoms with Gasteiger partial charge in [-0.3, -0.25) is 14.5 Å². The van der Waals surface area contributed by atoms with Crippen molar-refractivity contribution in [2.45, 2.75) is 51.1 Å². The highest BCUT2D eigenvalue weighted by Crippen LogP contribution is 2.39. The molecule has 10 nitrogen and oxygen atoms in total. The summed E-state index contributed by atoms with van der Waals surface area (Å²) in [5, 5.41) is 41.0. The Bertz CT molecular complexity index is 953. The van der Waals surface area contributed by atoms with Crippen LogP contribution in [0.3, 0.4) is 0 Å². The minimum absolute atomic E-state index is 0.0656. The van der Waals surface area contributed by atoms with E-state index >= 15 is 0 Å². The monoisotopic (exact) mass is 496 g/mol. The van der Waals surface area contributed by atoms with Crippen molar-refractivity contribution in [3.05, 3.63) is 24.0 Å². The number of benzene rings is 1. The summed E-state index contributed by atoms with van der Waals surface area (Å²) in [5.74, 6) is -2.67. The summed E-state index contributed by atoms with van der Waals surface area (Å²) in [5.41, 5.74) is 0.642. The first-order valence-electron chi connectivity index (χ1n) is 12.2. The molecule has 3 aliphatic rings. The third-order valence-electron chi connectivity index (χ3n) is 7.33. The molecule has 35 heavy (non-hydrogen) atoms. The fourth-order valence-electron chi connectivity index (χ4n) is 5.42. The van der Waals surface area contributed by atoms with Gasteiger partial charge in [0.05, 0.1) is 48.9 Å². The Morgan fingerprint density at radius 2 is 1.80 bits per heavy atom. The van der Waals surface area contributed by atoms with Crippen molar-refractivity contribution >= 4 is 17.5 Å². The average Bonchev–Trinajstić information content (AvgIpc) is 3.03. The lowest BCUT2D eigenvalue weighted by atomic mass is 9.76. The third-order valence-corrected chi connectivity index (χ3v) is 7.33. The zero-order valence-corrected chi connectivity index (χ0v) is 20.1. The van der Waals surface area contributed by atoms with Crippen molar-refractivity contribution in [2.75, 3.05) is 44.2 Å². The Morgan fingerprint density at radius 3 is 2.46 bits per heavy atom. The zero-order chi connectivity index (χ0) is 25.5. The molecule has 3 fully saturated rings. The molecule has 5 unspecified atom stereocenters. The SMILES string of the molecule is CC(C)Oc1ccc(F)cc1N1CC[N+](O)(CCCN2C(=O)C3CC(O)C(O)C(O)C3C2=O)CC1. The molecule has 0 bridgehead atoms. The van der Waals surface area contributed by atoms with Crippen LogP contribution in [0.4, 0.5) is 10.1 Å². The van der Waals surface area contributed by atoms with Crippen LogP contribution in [-0.4, -0.2) is 106 Å². The van der Waals surface area contributed by atoms with E-state index in [4.69, 9.17) is 4.74 Å². The number of imide groups is 1. The molecule has 194 valence electrons. The summed E-state index contributed by atoms with van der Waals surface area (Å²) >= 11 is 0. The molecular weight excluding hydrogens is 461 g/mol. The fourth-order valence-corrected chi connectivity index (χ4v) is 5.42. The molecule has 11 heteroatoms. The first-order valence-corrected chi connectivity index (χ1v) is 12.2. The van der Waals surface area contributed by atoms with Gasteiger partial charge in [-0.05, 0) is 32.4 Å². The molecule has 2 aliphatic heterocycles. The number of hydrogen-bond acceptors (Lipinski definition) is 8. The number of fused-ring (bicyclic) bond motifs is 1. The van der Waals surface area contributed by atoms with Crippen molar-refractivity contribution < 1.29 is 43.9 Å². The van der Waals surface area contributed by atoms with E-state index in [1.54, 1.807) is 6.07 Å². The minimum atomic E-state index is -1.48. The summed E-state index contributed by atoms with van der Waals surface area (Å²) in [6, 6.07) is 4.40. The Morgan fingerprint density at radius 1 is 1.11 bits per heavy atom. The molecule has 1 aliphatic carbocycles. The lowest BCUT2D eigenvalue weighted by Gasteiger charge is -2.40. The van der Waals surface area contributed by atoms with Crippen LogP contribution in [0.25, 0.3) is 0 Å². The number of ether oxygens (including phenoxy) is 1. The number of anilines is 1. The number of amides is 2. The van der Waals surface area contributed by atoms with Gasteiger partial charge in [0.15, 0.2) is 0 Å². The van der Waals surface area contributed by atoms with E-state index in [9.17, 15) is 34.5 Å². The highest BCUT2D eigenvalue weighted by Gasteiger charge is 2.56. The highest BCUT2D eigenvalue weighted by molar-refractivity contribution is 6.05. The minimum Gasteiger partial charge on any atom is -0.489 e. The van der Waals surface area contributed by atoms with E-state index in [2.05, 4.69) is 0 Å². The van der Waals surface area contributed by atoms with E-state index < -0.39 is 42.0 Å². The van der Waals surface area contributed by atoms with Crippen LogP contribution in [0.2, 0.25) is 0 Å². The smallest absolute Gasteiger partial charge is 0.235 e. The van der Waals surface area contributed by atoms with Gasteiger partial charge < -0.3 is 25.0 Å². The summed E-state index contributed by atoms with van der Waals surface area (Å²) in [4.78, 5) is 28.5. The Kier molecular flexibility index (Phi) is 7.35. The number of aliphatic hydroxyl groups excluding tert-OH is 3. The summed E-state index contributed by atoms with van der Waals surface area (Å²) < 4.78 is 19.5. The van der Waals surface area contributed by atoms with E-state index in [1.807, 2.05) is 18.7 Å². The number of hydroxylamine groups is 3. The molecular formula is C24H35FN3O7+. The van der Waals surface area contributed by atoms with Crippen molar-refractivity contribution in [1.29, 1.82) is 0 Å². The standard InChI is InChI=1S/C24H35FN3O7/c1-14(2)35-19-5-4-15(25)12-17(19)26-7-10-28(34,11-8-26)9-3-6-27-23(32)16-13-18(29)21(30)22(31)20(16)24(27)33/h4-5,12,14,16,18,20-22,29-31,34H,3,6-11,13H2,1-2H3/q+1. The second kappa shape index (κ2) is 9.98. The molecule has 2 heterocycles. The molecule has 4 rings (SSSR count). The zero-order valence-electron chi connectivity index (χ0n) is 20.1. The van der Waals surface area contributed by atoms with Gasteiger partial charge in [-0.1, -0.05) is 0 Å². The maximum Gasteiger partial charge on any atom is 0.235 e. The second-order valence-corrected chi connectivity index (χ2v) is 10.1. The van der Waals surface area contributed by atoms with Crippen molar-refractivity contribution in [2.24, 2.45) is 11.8 Å². The van der Waals surface area contributed by atoms with Crippen LogP contribution in [-0.2, 0) is 9.59 Å². The van der Waals surface area contributed by atoms with Crippen molar-refractivity contribution in [1.82, 2.24) is 4.90 Å². The van der Waals surface area contributed by atoms with Gasteiger partial charge in [-0.25, -0.2) is 9.60 Å². The van der Waals surface area contributed by atoms with E-state index in [1.165, 1.54) is 12.1 Å². The van der Waals surface area contributed by atoms with Gasteiger partial charge in [0.25, 0.3) is 0 Å². The van der Waals surface area contributed by atoms with Crippen LogP contribution in [0, 0.1) is 17.7 Å². The fraction of sp³-hybridized carbons (Fsp3) is 0.667. The molecule has 0 aromatic heterocycles. The molecule has 1 saturated carbocycles. The first-order chi connectivity index (χ1) is 16.5.